The molecule has 200 valence electrons. The molecule has 2 aliphatic rings. The van der Waals surface area contributed by atoms with Gasteiger partial charge < -0.3 is 0 Å². The van der Waals surface area contributed by atoms with Crippen molar-refractivity contribution >= 4 is 43.4 Å². The van der Waals surface area contributed by atoms with E-state index < -0.39 is 41.6 Å². The van der Waals surface area contributed by atoms with Gasteiger partial charge in [0.1, 0.15) is 0 Å². The van der Waals surface area contributed by atoms with Crippen LogP contribution >= 0.6 is 0 Å². The standard InChI is InChI=1S/C14H8O8S2.C14H8O2/c15-13-9-3-1-7(23(17,18)19)5-11(9)14(16)10-4-2-8(6-12(10)13)24(20,21)22;15-13-9-5-1-2-6-10(9)14(16)12-8-4-3-7-11(12)13/h1-6H,(H,17,18,19)(H,20,21,22);1-8H. The Morgan fingerprint density at radius 2 is 0.625 bits per heavy atom. The summed E-state index contributed by atoms with van der Waals surface area (Å²) in [6.45, 7) is 0. The van der Waals surface area contributed by atoms with Gasteiger partial charge in [-0.2, -0.15) is 16.8 Å². The lowest BCUT2D eigenvalue weighted by Crippen LogP contribution is -2.22. The molecule has 2 aliphatic carbocycles. The molecule has 0 saturated heterocycles. The summed E-state index contributed by atoms with van der Waals surface area (Å²) in [5.41, 5.74) is 1.32. The monoisotopic (exact) mass is 576 g/mol. The molecule has 6 rings (SSSR count). The van der Waals surface area contributed by atoms with Gasteiger partial charge in [0.05, 0.1) is 9.79 Å². The highest BCUT2D eigenvalue weighted by atomic mass is 32.2. The first-order chi connectivity index (χ1) is 18.8. The van der Waals surface area contributed by atoms with Gasteiger partial charge >= 0.3 is 0 Å². The van der Waals surface area contributed by atoms with Crippen LogP contribution in [0.5, 0.6) is 0 Å². The third-order valence-corrected chi connectivity index (χ3v) is 8.09. The van der Waals surface area contributed by atoms with Crippen LogP contribution in [0.15, 0.2) is 94.7 Å². The van der Waals surface area contributed by atoms with Gasteiger partial charge in [0.25, 0.3) is 20.2 Å². The number of fused-ring (bicyclic) bond motifs is 4. The minimum Gasteiger partial charge on any atom is -0.289 e. The molecule has 40 heavy (non-hydrogen) atoms. The first kappa shape index (κ1) is 27.0. The van der Waals surface area contributed by atoms with Gasteiger partial charge in [0.15, 0.2) is 23.1 Å². The van der Waals surface area contributed by atoms with E-state index in [1.54, 1.807) is 48.5 Å². The van der Waals surface area contributed by atoms with E-state index in [1.807, 2.05) is 0 Å². The lowest BCUT2D eigenvalue weighted by Gasteiger charge is -2.18. The van der Waals surface area contributed by atoms with Crippen LogP contribution in [-0.2, 0) is 20.2 Å². The molecular formula is C28H16O10S2. The molecule has 0 bridgehead atoms. The summed E-state index contributed by atoms with van der Waals surface area (Å²) in [6, 6.07) is 19.7. The van der Waals surface area contributed by atoms with Crippen molar-refractivity contribution in [2.45, 2.75) is 9.79 Å². The first-order valence-corrected chi connectivity index (χ1v) is 14.3. The lowest BCUT2D eigenvalue weighted by atomic mass is 9.84. The summed E-state index contributed by atoms with van der Waals surface area (Å²) in [5.74, 6) is -1.53. The molecule has 0 amide bonds. The Labute approximate surface area is 227 Å². The van der Waals surface area contributed by atoms with Crippen molar-refractivity contribution in [1.82, 2.24) is 0 Å². The number of hydrogen-bond acceptors (Lipinski definition) is 8. The highest BCUT2D eigenvalue weighted by Gasteiger charge is 2.32. The van der Waals surface area contributed by atoms with E-state index in [1.165, 1.54) is 0 Å². The predicted octanol–water partition coefficient (Wildman–Crippen LogP) is 3.42. The zero-order chi connectivity index (χ0) is 29.0. The summed E-state index contributed by atoms with van der Waals surface area (Å²) in [7, 11) is -9.11. The maximum absolute atomic E-state index is 12.5. The fourth-order valence-electron chi connectivity index (χ4n) is 4.48. The van der Waals surface area contributed by atoms with E-state index in [-0.39, 0.29) is 33.8 Å². The third kappa shape index (κ3) is 4.58. The van der Waals surface area contributed by atoms with Crippen LogP contribution in [0, 0.1) is 0 Å². The second kappa shape index (κ2) is 9.54. The number of benzene rings is 4. The van der Waals surface area contributed by atoms with Gasteiger partial charge in [-0.3, -0.25) is 28.3 Å². The molecule has 2 N–H and O–H groups in total. The number of carbonyl (C=O) groups excluding carboxylic acids is 4. The van der Waals surface area contributed by atoms with Crippen LogP contribution in [-0.4, -0.2) is 49.1 Å². The predicted molar refractivity (Wildman–Crippen MR) is 139 cm³/mol. The molecule has 0 aromatic heterocycles. The largest absolute Gasteiger partial charge is 0.294 e. The first-order valence-electron chi connectivity index (χ1n) is 11.4. The summed E-state index contributed by atoms with van der Waals surface area (Å²) in [4.78, 5) is 48.0. The van der Waals surface area contributed by atoms with Crippen molar-refractivity contribution in [1.29, 1.82) is 0 Å². The zero-order valence-electron chi connectivity index (χ0n) is 20.1. The highest BCUT2D eigenvalue weighted by Crippen LogP contribution is 2.31. The molecule has 0 radical (unpaired) electrons. The Kier molecular flexibility index (Phi) is 6.43. The second-order valence-corrected chi connectivity index (χ2v) is 11.6. The van der Waals surface area contributed by atoms with Crippen LogP contribution in [0.25, 0.3) is 0 Å². The quantitative estimate of drug-likeness (QED) is 0.290. The number of carbonyl (C=O) groups is 4. The molecule has 0 unspecified atom stereocenters. The van der Waals surface area contributed by atoms with Gasteiger partial charge in [0.2, 0.25) is 0 Å². The smallest absolute Gasteiger partial charge is 0.289 e. The Morgan fingerprint density at radius 1 is 0.375 bits per heavy atom. The number of rotatable bonds is 2. The number of hydrogen-bond donors (Lipinski definition) is 2. The maximum atomic E-state index is 12.5. The van der Waals surface area contributed by atoms with Gasteiger partial charge in [0, 0.05) is 44.5 Å². The molecule has 0 saturated carbocycles. The van der Waals surface area contributed by atoms with Crippen molar-refractivity contribution < 1.29 is 45.1 Å². The topological polar surface area (TPSA) is 177 Å². The average Bonchev–Trinajstić information content (AvgIpc) is 2.93. The van der Waals surface area contributed by atoms with Crippen molar-refractivity contribution in [3.05, 3.63) is 129 Å². The minimum atomic E-state index is -4.56. The van der Waals surface area contributed by atoms with Crippen LogP contribution < -0.4 is 0 Å². The van der Waals surface area contributed by atoms with Crippen molar-refractivity contribution in [3.8, 4) is 0 Å². The van der Waals surface area contributed by atoms with Gasteiger partial charge in [-0.05, 0) is 36.4 Å². The lowest BCUT2D eigenvalue weighted by molar-refractivity contribution is 0.0978. The Morgan fingerprint density at radius 3 is 0.900 bits per heavy atom. The van der Waals surface area contributed by atoms with Crippen molar-refractivity contribution in [2.24, 2.45) is 0 Å². The van der Waals surface area contributed by atoms with Crippen LogP contribution in [0.3, 0.4) is 0 Å². The molecular weight excluding hydrogens is 560 g/mol. The average molecular weight is 577 g/mol. The normalized spacial score (nSPS) is 13.8. The Hall–Kier alpha value is -4.62. The SMILES string of the molecule is O=C1c2ccc(S(=O)(=O)O)cc2C(=O)c2ccc(S(=O)(=O)O)cc21.O=C1c2ccccc2C(=O)c2ccccc21. The Balaban J connectivity index is 0.000000174. The van der Waals surface area contributed by atoms with Gasteiger partial charge in [-0.15, -0.1) is 0 Å². The summed E-state index contributed by atoms with van der Waals surface area (Å²) >= 11 is 0. The second-order valence-electron chi connectivity index (χ2n) is 8.77. The summed E-state index contributed by atoms with van der Waals surface area (Å²) in [5, 5.41) is 0. The van der Waals surface area contributed by atoms with E-state index in [0.29, 0.717) is 22.3 Å². The molecule has 0 aliphatic heterocycles. The molecule has 0 heterocycles. The fourth-order valence-corrected chi connectivity index (χ4v) is 5.49. The van der Waals surface area contributed by atoms with Crippen LogP contribution in [0.2, 0.25) is 0 Å². The maximum Gasteiger partial charge on any atom is 0.294 e. The van der Waals surface area contributed by atoms with Crippen molar-refractivity contribution in [2.75, 3.05) is 0 Å². The van der Waals surface area contributed by atoms with E-state index in [9.17, 15) is 36.0 Å². The van der Waals surface area contributed by atoms with E-state index in [2.05, 4.69) is 0 Å². The van der Waals surface area contributed by atoms with Crippen LogP contribution in [0.1, 0.15) is 63.7 Å². The molecule has 0 fully saturated rings. The summed E-state index contributed by atoms with van der Waals surface area (Å²) < 4.78 is 62.8. The molecule has 0 atom stereocenters. The highest BCUT2D eigenvalue weighted by molar-refractivity contribution is 7.86. The van der Waals surface area contributed by atoms with E-state index in [4.69, 9.17) is 9.11 Å². The molecule has 12 heteroatoms. The molecule has 10 nitrogen and oxygen atoms in total. The van der Waals surface area contributed by atoms with E-state index >= 15 is 0 Å². The molecule has 0 spiro atoms. The minimum absolute atomic E-state index is 0.0641. The zero-order valence-corrected chi connectivity index (χ0v) is 21.7. The summed E-state index contributed by atoms with van der Waals surface area (Å²) in [6.07, 6.45) is 0. The van der Waals surface area contributed by atoms with Gasteiger partial charge in [-0.25, -0.2) is 0 Å². The van der Waals surface area contributed by atoms with Crippen LogP contribution in [0.4, 0.5) is 0 Å². The van der Waals surface area contributed by atoms with Crippen molar-refractivity contribution in [3.63, 3.8) is 0 Å². The number of ketones is 4. The van der Waals surface area contributed by atoms with E-state index in [0.717, 1.165) is 36.4 Å². The van der Waals surface area contributed by atoms with Gasteiger partial charge in [-0.1, -0.05) is 48.5 Å². The Bertz CT molecular complexity index is 1830. The molecule has 4 aromatic rings. The fraction of sp³-hybridized carbons (Fsp3) is 0. The molecule has 4 aromatic carbocycles. The third-order valence-electron chi connectivity index (χ3n) is 6.39.